The number of β-amino-alcohol motifs (C(OH)–C–C–N with tert-alkyl or cyclic N) is 1. The largest absolute Gasteiger partial charge is 0.433 e. The third-order valence-corrected chi connectivity index (χ3v) is 5.40. The Hall–Kier alpha value is -1.84. The number of anilines is 1. The number of nitrogens with zero attached hydrogens (tertiary/aromatic N) is 4. The van der Waals surface area contributed by atoms with Crippen LogP contribution in [0.2, 0.25) is 0 Å². The summed E-state index contributed by atoms with van der Waals surface area (Å²) in [6, 6.07) is 10.8. The first-order valence-corrected chi connectivity index (χ1v) is 9.64. The monoisotopic (exact) mass is 398 g/mol. The Labute approximate surface area is 160 Å². The Morgan fingerprint density at radius 1 is 1.07 bits per heavy atom. The van der Waals surface area contributed by atoms with E-state index in [2.05, 4.69) is 14.9 Å². The van der Waals surface area contributed by atoms with Gasteiger partial charge in [0.05, 0.1) is 6.10 Å². The van der Waals surface area contributed by atoms with Crippen molar-refractivity contribution in [3.05, 3.63) is 48.3 Å². The molecule has 2 aromatic rings. The van der Waals surface area contributed by atoms with Gasteiger partial charge >= 0.3 is 6.18 Å². The summed E-state index contributed by atoms with van der Waals surface area (Å²) in [5.41, 5.74) is -0.928. The van der Waals surface area contributed by atoms with Gasteiger partial charge in [0, 0.05) is 49.6 Å². The molecule has 1 aromatic heterocycles. The molecular weight excluding hydrogens is 377 g/mol. The molecule has 0 saturated carbocycles. The van der Waals surface area contributed by atoms with Crippen LogP contribution in [-0.2, 0) is 6.18 Å². The van der Waals surface area contributed by atoms with E-state index in [4.69, 9.17) is 0 Å². The van der Waals surface area contributed by atoms with Crippen LogP contribution in [0.25, 0.3) is 0 Å². The number of benzene rings is 1. The number of piperazine rings is 1. The number of aliphatic hydroxyl groups excluding tert-OH is 1. The van der Waals surface area contributed by atoms with E-state index in [1.165, 1.54) is 0 Å². The number of thioether (sulfide) groups is 1. The summed E-state index contributed by atoms with van der Waals surface area (Å²) in [6.45, 7) is 2.89. The third-order valence-electron chi connectivity index (χ3n) is 4.24. The predicted molar refractivity (Wildman–Crippen MR) is 98.9 cm³/mol. The van der Waals surface area contributed by atoms with Crippen LogP contribution in [0, 0.1) is 0 Å². The zero-order valence-electron chi connectivity index (χ0n) is 14.6. The van der Waals surface area contributed by atoms with Crippen LogP contribution < -0.4 is 4.90 Å². The second-order valence-corrected chi connectivity index (χ2v) is 7.40. The number of rotatable bonds is 6. The molecule has 2 heterocycles. The molecule has 1 saturated heterocycles. The lowest BCUT2D eigenvalue weighted by Gasteiger charge is -2.35. The molecule has 0 aliphatic carbocycles. The van der Waals surface area contributed by atoms with Gasteiger partial charge < -0.3 is 10.0 Å². The average Bonchev–Trinajstić information content (AvgIpc) is 2.67. The van der Waals surface area contributed by atoms with Crippen molar-refractivity contribution < 1.29 is 18.3 Å². The van der Waals surface area contributed by atoms with Crippen LogP contribution in [0.1, 0.15) is 5.69 Å². The number of halogens is 3. The minimum Gasteiger partial charge on any atom is -0.391 e. The Morgan fingerprint density at radius 3 is 2.44 bits per heavy atom. The first-order valence-electron chi connectivity index (χ1n) is 8.65. The smallest absolute Gasteiger partial charge is 0.391 e. The summed E-state index contributed by atoms with van der Waals surface area (Å²) in [6.07, 6.45) is -3.80. The molecule has 1 aliphatic rings. The fraction of sp³-hybridized carbons (Fsp3) is 0.444. The van der Waals surface area contributed by atoms with Crippen molar-refractivity contribution in [2.24, 2.45) is 0 Å². The maximum Gasteiger partial charge on any atom is 0.433 e. The van der Waals surface area contributed by atoms with Crippen molar-refractivity contribution in [3.63, 3.8) is 0 Å². The lowest BCUT2D eigenvalue weighted by molar-refractivity contribution is -0.141. The molecule has 5 nitrogen and oxygen atoms in total. The molecule has 146 valence electrons. The Bertz CT molecular complexity index is 724. The molecule has 0 amide bonds. The zero-order chi connectivity index (χ0) is 19.3. The topological polar surface area (TPSA) is 52.5 Å². The fourth-order valence-corrected chi connectivity index (χ4v) is 3.69. The minimum atomic E-state index is -4.47. The van der Waals surface area contributed by atoms with Gasteiger partial charge in [-0.3, -0.25) is 4.90 Å². The fourth-order valence-electron chi connectivity index (χ4n) is 2.85. The summed E-state index contributed by atoms with van der Waals surface area (Å²) in [4.78, 5) is 12.6. The normalized spacial score (nSPS) is 17.1. The molecule has 0 radical (unpaired) electrons. The molecule has 1 fully saturated rings. The highest BCUT2D eigenvalue weighted by Crippen LogP contribution is 2.28. The molecule has 1 aromatic carbocycles. The lowest BCUT2D eigenvalue weighted by Crippen LogP contribution is -2.49. The molecule has 27 heavy (non-hydrogen) atoms. The van der Waals surface area contributed by atoms with E-state index in [0.717, 1.165) is 17.2 Å². The summed E-state index contributed by atoms with van der Waals surface area (Å²) in [5.74, 6) is 0.700. The van der Waals surface area contributed by atoms with E-state index in [0.29, 0.717) is 38.5 Å². The zero-order valence-corrected chi connectivity index (χ0v) is 15.5. The quantitative estimate of drug-likeness (QED) is 0.756. The highest BCUT2D eigenvalue weighted by molar-refractivity contribution is 7.99. The molecule has 0 bridgehead atoms. The molecule has 0 spiro atoms. The second-order valence-electron chi connectivity index (χ2n) is 6.31. The number of alkyl halides is 3. The second kappa shape index (κ2) is 8.90. The summed E-state index contributed by atoms with van der Waals surface area (Å²) in [7, 11) is 0. The van der Waals surface area contributed by atoms with Crippen LogP contribution >= 0.6 is 11.8 Å². The first kappa shape index (κ1) is 19.9. The van der Waals surface area contributed by atoms with Crippen molar-refractivity contribution in [1.29, 1.82) is 0 Å². The lowest BCUT2D eigenvalue weighted by atomic mass is 10.3. The third kappa shape index (κ3) is 5.82. The highest BCUT2D eigenvalue weighted by Gasteiger charge is 2.33. The van der Waals surface area contributed by atoms with Crippen LogP contribution in [0.3, 0.4) is 0 Å². The standard InChI is InChI=1S/C18H21F3N4OS/c19-18(20,21)16-6-7-22-17(23-16)25-10-8-24(9-11-25)12-14(26)13-27-15-4-2-1-3-5-15/h1-7,14,26H,8-13H2. The number of aliphatic hydroxyl groups is 1. The Kier molecular flexibility index (Phi) is 6.56. The van der Waals surface area contributed by atoms with Gasteiger partial charge in [-0.25, -0.2) is 9.97 Å². The van der Waals surface area contributed by atoms with Gasteiger partial charge in [-0.2, -0.15) is 13.2 Å². The van der Waals surface area contributed by atoms with Gasteiger partial charge in [0.15, 0.2) is 0 Å². The van der Waals surface area contributed by atoms with E-state index in [-0.39, 0.29) is 5.95 Å². The van der Waals surface area contributed by atoms with Crippen molar-refractivity contribution in [2.45, 2.75) is 17.2 Å². The summed E-state index contributed by atoms with van der Waals surface area (Å²) < 4.78 is 38.4. The van der Waals surface area contributed by atoms with E-state index in [9.17, 15) is 18.3 Å². The van der Waals surface area contributed by atoms with Crippen LogP contribution in [-0.4, -0.2) is 64.6 Å². The SMILES string of the molecule is OC(CSc1ccccc1)CN1CCN(c2nccc(C(F)(F)F)n2)CC1. The van der Waals surface area contributed by atoms with Crippen LogP contribution in [0.5, 0.6) is 0 Å². The Morgan fingerprint density at radius 2 is 1.78 bits per heavy atom. The van der Waals surface area contributed by atoms with Crippen molar-refractivity contribution in [3.8, 4) is 0 Å². The van der Waals surface area contributed by atoms with Gasteiger partial charge in [-0.1, -0.05) is 18.2 Å². The number of hydrogen-bond acceptors (Lipinski definition) is 6. The van der Waals surface area contributed by atoms with E-state index < -0.39 is 18.0 Å². The maximum atomic E-state index is 12.8. The number of hydrogen-bond donors (Lipinski definition) is 1. The van der Waals surface area contributed by atoms with Crippen LogP contribution in [0.15, 0.2) is 47.5 Å². The molecule has 9 heteroatoms. The minimum absolute atomic E-state index is 0.102. The summed E-state index contributed by atoms with van der Waals surface area (Å²) in [5, 5.41) is 10.2. The van der Waals surface area contributed by atoms with Gasteiger partial charge in [-0.15, -0.1) is 11.8 Å². The van der Waals surface area contributed by atoms with E-state index in [1.807, 2.05) is 30.3 Å². The molecular formula is C18H21F3N4OS. The molecule has 1 aliphatic heterocycles. The summed E-state index contributed by atoms with van der Waals surface area (Å²) >= 11 is 1.60. The van der Waals surface area contributed by atoms with E-state index >= 15 is 0 Å². The van der Waals surface area contributed by atoms with Crippen molar-refractivity contribution in [2.75, 3.05) is 43.4 Å². The van der Waals surface area contributed by atoms with Gasteiger partial charge in [-0.05, 0) is 18.2 Å². The molecule has 1 unspecified atom stereocenters. The average molecular weight is 398 g/mol. The van der Waals surface area contributed by atoms with Crippen molar-refractivity contribution >= 4 is 17.7 Å². The number of aromatic nitrogens is 2. The van der Waals surface area contributed by atoms with Gasteiger partial charge in [0.25, 0.3) is 0 Å². The van der Waals surface area contributed by atoms with Gasteiger partial charge in [0.2, 0.25) is 5.95 Å². The molecule has 1 N–H and O–H groups in total. The highest BCUT2D eigenvalue weighted by atomic mass is 32.2. The first-order chi connectivity index (χ1) is 12.9. The Balaban J connectivity index is 1.46. The van der Waals surface area contributed by atoms with Crippen molar-refractivity contribution in [1.82, 2.24) is 14.9 Å². The van der Waals surface area contributed by atoms with Crippen LogP contribution in [0.4, 0.5) is 19.1 Å². The molecule has 3 rings (SSSR count). The van der Waals surface area contributed by atoms with E-state index in [1.54, 1.807) is 16.7 Å². The predicted octanol–water partition coefficient (Wildman–Crippen LogP) is 2.77. The maximum absolute atomic E-state index is 12.8. The molecule has 1 atom stereocenters. The van der Waals surface area contributed by atoms with Gasteiger partial charge in [0.1, 0.15) is 5.69 Å².